The summed E-state index contributed by atoms with van der Waals surface area (Å²) in [5, 5.41) is 8.46. The summed E-state index contributed by atoms with van der Waals surface area (Å²) in [5.74, 6) is 0. The van der Waals surface area contributed by atoms with Gasteiger partial charge in [-0.2, -0.15) is 0 Å². The van der Waals surface area contributed by atoms with Crippen LogP contribution in [0.5, 0.6) is 0 Å². The van der Waals surface area contributed by atoms with E-state index in [9.17, 15) is 0 Å². The number of hydrogen-bond acceptors (Lipinski definition) is 2. The maximum atomic E-state index is 8.46. The molecule has 0 rings (SSSR count). The first kappa shape index (κ1) is 12.2. The average Bonchev–Trinajstić information content (AvgIpc) is 1.83. The third kappa shape index (κ3) is 6.40. The van der Waals surface area contributed by atoms with Gasteiger partial charge < -0.3 is 10.0 Å². The number of aliphatic hydroxyl groups is 1. The van der Waals surface area contributed by atoms with Crippen LogP contribution in [0, 0.1) is 0 Å². The molecular weight excluding hydrogens is 109 g/mol. The molecule has 0 fully saturated rings. The zero-order valence-corrected chi connectivity index (χ0v) is 5.72. The predicted molar refractivity (Wildman–Crippen MR) is 42.0 cm³/mol. The van der Waals surface area contributed by atoms with E-state index < -0.39 is 0 Å². The minimum atomic E-state index is 0. The van der Waals surface area contributed by atoms with Crippen molar-refractivity contribution in [2.45, 2.75) is 13.8 Å². The van der Waals surface area contributed by atoms with E-state index in [0.717, 1.165) is 19.6 Å². The third-order valence-corrected chi connectivity index (χ3v) is 1.31. The molecule has 0 aliphatic carbocycles. The Labute approximate surface area is 69.4 Å². The molecule has 0 aliphatic heterocycles. The Kier molecular flexibility index (Phi) is 11.6. The molecule has 2 nitrogen and oxygen atoms in total. The summed E-state index contributed by atoms with van der Waals surface area (Å²) in [4.78, 5) is 2.18. The Morgan fingerprint density at radius 2 is 1.67 bits per heavy atom. The Morgan fingerprint density at radius 3 is 1.78 bits per heavy atom. The molecule has 9 heavy (non-hydrogen) atoms. The second-order valence-electron chi connectivity index (χ2n) is 1.75. The van der Waals surface area contributed by atoms with Crippen LogP contribution in [-0.2, 0) is 0 Å². The van der Waals surface area contributed by atoms with Gasteiger partial charge in [-0.25, -0.2) is 0 Å². The second-order valence-corrected chi connectivity index (χ2v) is 1.75. The van der Waals surface area contributed by atoms with Crippen molar-refractivity contribution in [1.29, 1.82) is 0 Å². The van der Waals surface area contributed by atoms with E-state index in [1.54, 1.807) is 0 Å². The van der Waals surface area contributed by atoms with Crippen molar-refractivity contribution >= 4 is 18.9 Å². The van der Waals surface area contributed by atoms with E-state index in [1.165, 1.54) is 0 Å². The Morgan fingerprint density at radius 1 is 1.22 bits per heavy atom. The molecule has 0 aromatic heterocycles. The van der Waals surface area contributed by atoms with Gasteiger partial charge in [-0.05, 0) is 13.1 Å². The monoisotopic (exact) mass is 125 g/mol. The summed E-state index contributed by atoms with van der Waals surface area (Å²) >= 11 is 0. The van der Waals surface area contributed by atoms with Crippen LogP contribution in [0.4, 0.5) is 0 Å². The van der Waals surface area contributed by atoms with Crippen molar-refractivity contribution in [1.82, 2.24) is 4.90 Å². The second kappa shape index (κ2) is 8.52. The van der Waals surface area contributed by atoms with E-state index in [2.05, 4.69) is 18.7 Å². The molecule has 0 aliphatic rings. The first-order chi connectivity index (χ1) is 3.85. The fraction of sp³-hybridized carbons (Fsp3) is 1.00. The van der Waals surface area contributed by atoms with E-state index in [-0.39, 0.29) is 25.5 Å². The third-order valence-electron chi connectivity index (χ3n) is 1.31. The van der Waals surface area contributed by atoms with Crippen LogP contribution in [-0.4, -0.2) is 55.1 Å². The number of rotatable bonds is 4. The van der Waals surface area contributed by atoms with Crippen molar-refractivity contribution in [3.8, 4) is 0 Å². The molecule has 0 saturated carbocycles. The molecule has 52 valence electrons. The van der Waals surface area contributed by atoms with Gasteiger partial charge in [0, 0.05) is 6.54 Å². The molecule has 0 unspecified atom stereocenters. The molecule has 0 bridgehead atoms. The summed E-state index contributed by atoms with van der Waals surface area (Å²) in [7, 11) is 0. The van der Waals surface area contributed by atoms with Gasteiger partial charge in [0.2, 0.25) is 0 Å². The van der Waals surface area contributed by atoms with Crippen LogP contribution in [0.15, 0.2) is 0 Å². The van der Waals surface area contributed by atoms with Gasteiger partial charge in [0.15, 0.2) is 0 Å². The zero-order chi connectivity index (χ0) is 6.41. The van der Waals surface area contributed by atoms with Crippen LogP contribution in [0.2, 0.25) is 0 Å². The van der Waals surface area contributed by atoms with Crippen molar-refractivity contribution in [3.63, 3.8) is 0 Å². The SMILES string of the molecule is CCN(CC)CCO.[LiH]. The summed E-state index contributed by atoms with van der Waals surface area (Å²) < 4.78 is 0. The number of aliphatic hydroxyl groups excluding tert-OH is 1. The van der Waals surface area contributed by atoms with Crippen LogP contribution in [0.3, 0.4) is 0 Å². The van der Waals surface area contributed by atoms with Crippen LogP contribution in [0.1, 0.15) is 13.8 Å². The normalized spacial score (nSPS) is 9.33. The fourth-order valence-electron chi connectivity index (χ4n) is 0.681. The van der Waals surface area contributed by atoms with Crippen molar-refractivity contribution in [3.05, 3.63) is 0 Å². The van der Waals surface area contributed by atoms with Crippen LogP contribution < -0.4 is 0 Å². The maximum absolute atomic E-state index is 8.46. The van der Waals surface area contributed by atoms with Crippen molar-refractivity contribution in [2.24, 2.45) is 0 Å². The minimum absolute atomic E-state index is 0. The Balaban J connectivity index is 0. The summed E-state index contributed by atoms with van der Waals surface area (Å²) in [6.07, 6.45) is 0. The van der Waals surface area contributed by atoms with Crippen LogP contribution in [0.25, 0.3) is 0 Å². The fourth-order valence-corrected chi connectivity index (χ4v) is 0.681. The van der Waals surface area contributed by atoms with E-state index in [4.69, 9.17) is 5.11 Å². The molecule has 0 atom stereocenters. The number of hydrogen-bond donors (Lipinski definition) is 1. The first-order valence-corrected chi connectivity index (χ1v) is 3.18. The molecule has 0 heterocycles. The quantitative estimate of drug-likeness (QED) is 0.520. The molecular formula is C6H16LiNO. The molecule has 0 aromatic carbocycles. The van der Waals surface area contributed by atoms with Gasteiger partial charge in [0.1, 0.15) is 0 Å². The first-order valence-electron chi connectivity index (χ1n) is 3.18. The van der Waals surface area contributed by atoms with Gasteiger partial charge in [-0.1, -0.05) is 13.8 Å². The number of likely N-dealkylation sites (N-methyl/N-ethyl adjacent to an activating group) is 1. The standard InChI is InChI=1S/C6H15NO.Li.H/c1-3-7(4-2)5-6-8;;/h8H,3-6H2,1-2H3;;. The van der Waals surface area contributed by atoms with E-state index in [1.807, 2.05) is 0 Å². The van der Waals surface area contributed by atoms with Gasteiger partial charge in [-0.15, -0.1) is 0 Å². The molecule has 0 spiro atoms. The molecule has 0 saturated heterocycles. The van der Waals surface area contributed by atoms with Gasteiger partial charge >= 0.3 is 18.9 Å². The topological polar surface area (TPSA) is 23.5 Å². The Bertz CT molecular complexity index is 48.3. The zero-order valence-electron chi connectivity index (χ0n) is 5.72. The summed E-state index contributed by atoms with van der Waals surface area (Å²) in [5.41, 5.74) is 0. The predicted octanol–water partition coefficient (Wildman–Crippen LogP) is -0.328. The van der Waals surface area contributed by atoms with Crippen LogP contribution >= 0.6 is 0 Å². The molecule has 0 radical (unpaired) electrons. The van der Waals surface area contributed by atoms with Crippen molar-refractivity contribution in [2.75, 3.05) is 26.2 Å². The number of nitrogens with zero attached hydrogens (tertiary/aromatic N) is 1. The molecule has 1 N–H and O–H groups in total. The van der Waals surface area contributed by atoms with E-state index >= 15 is 0 Å². The molecule has 0 aromatic rings. The van der Waals surface area contributed by atoms with Crippen molar-refractivity contribution < 1.29 is 5.11 Å². The summed E-state index contributed by atoms with van der Waals surface area (Å²) in [6.45, 7) is 7.36. The Hall–Kier alpha value is 0.517. The average molecular weight is 125 g/mol. The van der Waals surface area contributed by atoms with Gasteiger partial charge in [-0.3, -0.25) is 0 Å². The van der Waals surface area contributed by atoms with Gasteiger partial charge in [0.05, 0.1) is 6.61 Å². The molecule has 3 heteroatoms. The van der Waals surface area contributed by atoms with E-state index in [0.29, 0.717) is 0 Å². The van der Waals surface area contributed by atoms with Gasteiger partial charge in [0.25, 0.3) is 0 Å². The summed E-state index contributed by atoms with van der Waals surface area (Å²) in [6, 6.07) is 0. The molecule has 0 amide bonds.